The number of benzene rings is 3. The van der Waals surface area contributed by atoms with Crippen molar-refractivity contribution in [3.63, 3.8) is 0 Å². The van der Waals surface area contributed by atoms with Gasteiger partial charge in [-0.05, 0) is 47.5 Å². The number of pyridine rings is 1. The summed E-state index contributed by atoms with van der Waals surface area (Å²) in [5.74, 6) is -2.41. The molecule has 0 bridgehead atoms. The van der Waals surface area contributed by atoms with Crippen LogP contribution in [-0.4, -0.2) is 31.5 Å². The van der Waals surface area contributed by atoms with Gasteiger partial charge in [0.15, 0.2) is 5.76 Å². The number of para-hydroxylation sites is 1. The highest BCUT2D eigenvalue weighted by molar-refractivity contribution is 6.17. The van der Waals surface area contributed by atoms with Gasteiger partial charge >= 0.3 is 0 Å². The molecule has 0 unspecified atom stereocenters. The van der Waals surface area contributed by atoms with Crippen LogP contribution >= 0.6 is 0 Å². The Morgan fingerprint density at radius 2 is 1.87 bits per heavy atom. The van der Waals surface area contributed by atoms with E-state index in [-0.39, 0.29) is 34.1 Å². The molecule has 3 heterocycles. The van der Waals surface area contributed by atoms with Crippen molar-refractivity contribution in [3.8, 4) is 28.4 Å². The summed E-state index contributed by atoms with van der Waals surface area (Å²) in [5, 5.41) is 23.3. The van der Waals surface area contributed by atoms with E-state index in [1.54, 1.807) is 60.4 Å². The number of amides is 1. The van der Waals surface area contributed by atoms with E-state index in [2.05, 4.69) is 10.3 Å². The maximum atomic E-state index is 14.8. The summed E-state index contributed by atoms with van der Waals surface area (Å²) in [7, 11) is 1.79. The molecular formula is C30H20FN3O5. The van der Waals surface area contributed by atoms with Gasteiger partial charge in [-0.2, -0.15) is 0 Å². The van der Waals surface area contributed by atoms with Crippen LogP contribution in [0.1, 0.15) is 26.3 Å². The maximum Gasteiger partial charge on any atom is 0.258 e. The van der Waals surface area contributed by atoms with Crippen LogP contribution in [0.25, 0.3) is 28.2 Å². The van der Waals surface area contributed by atoms with Gasteiger partial charge in [0, 0.05) is 48.2 Å². The molecule has 39 heavy (non-hydrogen) atoms. The number of aryl methyl sites for hydroxylation is 1. The molecule has 6 rings (SSSR count). The number of rotatable bonds is 4. The van der Waals surface area contributed by atoms with Crippen molar-refractivity contribution < 1.29 is 28.9 Å². The Morgan fingerprint density at radius 1 is 1.08 bits per heavy atom. The molecule has 0 aliphatic carbocycles. The number of ketones is 1. The number of halogens is 1. The predicted molar refractivity (Wildman–Crippen MR) is 143 cm³/mol. The number of aromatic nitrogens is 2. The second-order valence-electron chi connectivity index (χ2n) is 9.05. The van der Waals surface area contributed by atoms with Crippen LogP contribution in [0.15, 0.2) is 84.9 Å². The predicted octanol–water partition coefficient (Wildman–Crippen LogP) is 5.66. The van der Waals surface area contributed by atoms with E-state index in [4.69, 9.17) is 4.74 Å². The van der Waals surface area contributed by atoms with Crippen LogP contribution in [0, 0.1) is 5.82 Å². The zero-order valence-corrected chi connectivity index (χ0v) is 20.5. The number of anilines is 1. The van der Waals surface area contributed by atoms with E-state index in [1.165, 1.54) is 24.3 Å². The Balaban J connectivity index is 1.44. The lowest BCUT2D eigenvalue weighted by molar-refractivity contribution is 0.101. The molecule has 5 aromatic rings. The van der Waals surface area contributed by atoms with E-state index in [0.717, 1.165) is 6.07 Å². The van der Waals surface area contributed by atoms with Crippen molar-refractivity contribution in [2.75, 3.05) is 5.32 Å². The molecule has 2 aromatic heterocycles. The summed E-state index contributed by atoms with van der Waals surface area (Å²) in [6.07, 6.45) is 4.89. The van der Waals surface area contributed by atoms with Gasteiger partial charge in [-0.15, -0.1) is 0 Å². The number of allylic oxidation sites excluding steroid dienone is 1. The first-order valence-electron chi connectivity index (χ1n) is 11.9. The summed E-state index contributed by atoms with van der Waals surface area (Å²) in [6.45, 7) is 0. The third kappa shape index (κ3) is 4.15. The molecule has 0 saturated carbocycles. The normalized spacial score (nSPS) is 13.5. The summed E-state index contributed by atoms with van der Waals surface area (Å²) in [5.41, 5.74) is 2.76. The minimum atomic E-state index is -0.668. The van der Waals surface area contributed by atoms with Gasteiger partial charge in [0.25, 0.3) is 5.91 Å². The quantitative estimate of drug-likeness (QED) is 0.263. The number of carbonyl (C=O) groups is 2. The summed E-state index contributed by atoms with van der Waals surface area (Å²) >= 11 is 0. The number of ether oxygens (including phenoxy) is 1. The van der Waals surface area contributed by atoms with Gasteiger partial charge in [0.05, 0.1) is 5.56 Å². The second kappa shape index (κ2) is 9.14. The highest BCUT2D eigenvalue weighted by Gasteiger charge is 2.32. The number of aromatic hydroxyl groups is 2. The first kappa shape index (κ1) is 23.9. The molecular weight excluding hydrogens is 501 g/mol. The van der Waals surface area contributed by atoms with Crippen molar-refractivity contribution in [1.82, 2.24) is 9.55 Å². The van der Waals surface area contributed by atoms with Crippen LogP contribution in [0.5, 0.6) is 17.2 Å². The van der Waals surface area contributed by atoms with E-state index < -0.39 is 17.5 Å². The molecule has 3 N–H and O–H groups in total. The van der Waals surface area contributed by atoms with E-state index in [9.17, 15) is 24.2 Å². The summed E-state index contributed by atoms with van der Waals surface area (Å²) in [6, 6.07) is 17.1. The monoisotopic (exact) mass is 521 g/mol. The van der Waals surface area contributed by atoms with Gasteiger partial charge in [0.2, 0.25) is 5.78 Å². The average molecular weight is 522 g/mol. The molecule has 3 aromatic carbocycles. The van der Waals surface area contributed by atoms with E-state index >= 15 is 0 Å². The highest BCUT2D eigenvalue weighted by atomic mass is 19.1. The molecule has 1 aliphatic heterocycles. The van der Waals surface area contributed by atoms with E-state index in [1.807, 2.05) is 6.07 Å². The first-order valence-corrected chi connectivity index (χ1v) is 11.9. The summed E-state index contributed by atoms with van der Waals surface area (Å²) in [4.78, 5) is 30.4. The topological polar surface area (TPSA) is 114 Å². The molecule has 0 saturated heterocycles. The fourth-order valence-electron chi connectivity index (χ4n) is 4.69. The number of fused-ring (bicyclic) bond motifs is 2. The number of phenols is 2. The highest BCUT2D eigenvalue weighted by Crippen LogP contribution is 2.41. The van der Waals surface area contributed by atoms with Gasteiger partial charge < -0.3 is 24.8 Å². The van der Waals surface area contributed by atoms with Gasteiger partial charge in [0.1, 0.15) is 34.3 Å². The minimum absolute atomic E-state index is 0.0368. The smallest absolute Gasteiger partial charge is 0.258 e. The Labute approximate surface area is 221 Å². The van der Waals surface area contributed by atoms with Crippen LogP contribution < -0.4 is 10.1 Å². The first-order chi connectivity index (χ1) is 18.8. The molecule has 0 fully saturated rings. The SMILES string of the molecule is Cn1cc(C=C2Oc3cc(O)cc(O)c3C2=O)c2c(-c3ccc(F)c(C(=O)Nc4ccccc4)c3)ccnc21. The van der Waals surface area contributed by atoms with Crippen LogP contribution in [0.2, 0.25) is 0 Å². The molecule has 192 valence electrons. The van der Waals surface area contributed by atoms with Crippen molar-refractivity contribution in [1.29, 1.82) is 0 Å². The fraction of sp³-hybridized carbons (Fsp3) is 0.0333. The number of nitrogens with zero attached hydrogens (tertiary/aromatic N) is 2. The summed E-state index contributed by atoms with van der Waals surface area (Å²) < 4.78 is 22.2. The standard InChI is InChI=1S/C30H20FN3O5/c1-34-15-17(12-25-28(37)27-23(36)13-19(35)14-24(27)39-25)26-20(9-10-32-29(26)34)16-7-8-22(31)21(11-16)30(38)33-18-5-3-2-4-6-18/h2-15,35-36H,1H3,(H,33,38). The second-order valence-corrected chi connectivity index (χ2v) is 9.05. The lowest BCUT2D eigenvalue weighted by Gasteiger charge is -2.10. The third-order valence-electron chi connectivity index (χ3n) is 6.46. The van der Waals surface area contributed by atoms with Crippen molar-refractivity contribution in [2.45, 2.75) is 0 Å². The number of hydrogen-bond donors (Lipinski definition) is 3. The third-order valence-corrected chi connectivity index (χ3v) is 6.46. The lowest BCUT2D eigenvalue weighted by Crippen LogP contribution is -2.13. The van der Waals surface area contributed by atoms with Crippen LogP contribution in [-0.2, 0) is 7.05 Å². The minimum Gasteiger partial charge on any atom is -0.508 e. The molecule has 9 heteroatoms. The van der Waals surface area contributed by atoms with E-state index in [0.29, 0.717) is 33.4 Å². The Morgan fingerprint density at radius 3 is 2.67 bits per heavy atom. The Hall–Kier alpha value is -5.44. The van der Waals surface area contributed by atoms with Gasteiger partial charge in [-0.3, -0.25) is 9.59 Å². The zero-order valence-electron chi connectivity index (χ0n) is 20.5. The largest absolute Gasteiger partial charge is 0.508 e. The van der Waals surface area contributed by atoms with Crippen molar-refractivity contribution in [3.05, 3.63) is 107 Å². The fourth-order valence-corrected chi connectivity index (χ4v) is 4.69. The van der Waals surface area contributed by atoms with Crippen LogP contribution in [0.3, 0.4) is 0 Å². The Kier molecular flexibility index (Phi) is 5.61. The number of phenolic OH excluding ortho intramolecular Hbond substituents is 2. The molecule has 8 nitrogen and oxygen atoms in total. The number of nitrogens with one attached hydrogen (secondary N) is 1. The molecule has 0 atom stereocenters. The maximum absolute atomic E-state index is 14.8. The molecule has 1 amide bonds. The average Bonchev–Trinajstić information content (AvgIpc) is 3.40. The molecule has 0 radical (unpaired) electrons. The zero-order chi connectivity index (χ0) is 27.3. The Bertz CT molecular complexity index is 1840. The number of hydrogen-bond acceptors (Lipinski definition) is 6. The molecule has 0 spiro atoms. The van der Waals surface area contributed by atoms with Gasteiger partial charge in [-0.25, -0.2) is 9.37 Å². The van der Waals surface area contributed by atoms with Crippen molar-refractivity contribution in [2.24, 2.45) is 7.05 Å². The van der Waals surface area contributed by atoms with Crippen LogP contribution in [0.4, 0.5) is 10.1 Å². The molecule has 1 aliphatic rings. The number of Topliss-reactive ketones (excluding diaryl/α,β-unsaturated/α-hetero) is 1. The van der Waals surface area contributed by atoms with Crippen molar-refractivity contribution >= 4 is 34.5 Å². The lowest BCUT2D eigenvalue weighted by atomic mass is 9.98. The van der Waals surface area contributed by atoms with Gasteiger partial charge in [-0.1, -0.05) is 24.3 Å². The number of carbonyl (C=O) groups excluding carboxylic acids is 2.